The molecule has 0 aliphatic heterocycles. The molecule has 0 aliphatic rings. The van der Waals surface area contributed by atoms with E-state index in [1.54, 1.807) is 7.05 Å². The molecule has 2 rings (SSSR count). The summed E-state index contributed by atoms with van der Waals surface area (Å²) in [6.07, 6.45) is 2.54. The molecule has 0 spiro atoms. The van der Waals surface area contributed by atoms with Crippen LogP contribution in [0.1, 0.15) is 49.2 Å². The Kier molecular flexibility index (Phi) is 6.19. The number of hydrogen-bond donors (Lipinski definition) is 2. The van der Waals surface area contributed by atoms with Crippen LogP contribution in [0.2, 0.25) is 0 Å². The topological polar surface area (TPSA) is 88.5 Å². The number of nitrogens with one attached hydrogen (secondary N) is 2. The van der Waals surface area contributed by atoms with E-state index in [9.17, 15) is 0 Å². The minimum absolute atomic E-state index is 0.539. The molecule has 2 aromatic rings. The number of hydrogen-bond acceptors (Lipinski definition) is 5. The zero-order valence-corrected chi connectivity index (χ0v) is 14.3. The third-order valence-corrected chi connectivity index (χ3v) is 3.66. The van der Waals surface area contributed by atoms with E-state index < -0.39 is 0 Å². The summed E-state index contributed by atoms with van der Waals surface area (Å²) in [5, 5.41) is 14.6. The molecule has 0 bridgehead atoms. The van der Waals surface area contributed by atoms with Gasteiger partial charge in [0.05, 0.1) is 17.9 Å². The van der Waals surface area contributed by atoms with Gasteiger partial charge in [-0.1, -0.05) is 31.1 Å². The molecule has 0 saturated carbocycles. The van der Waals surface area contributed by atoms with Gasteiger partial charge in [0.15, 0.2) is 11.7 Å². The van der Waals surface area contributed by atoms with Crippen molar-refractivity contribution in [3.8, 4) is 0 Å². The van der Waals surface area contributed by atoms with Gasteiger partial charge < -0.3 is 19.7 Å². The maximum absolute atomic E-state index is 5.37. The molecule has 126 valence electrons. The molecule has 7 nitrogen and oxygen atoms in total. The first-order chi connectivity index (χ1) is 11.2. The van der Waals surface area contributed by atoms with E-state index in [1.165, 1.54) is 0 Å². The van der Waals surface area contributed by atoms with Crippen LogP contribution in [0.25, 0.3) is 0 Å². The van der Waals surface area contributed by atoms with E-state index in [0.717, 1.165) is 47.7 Å². The molecule has 0 aliphatic carbocycles. The lowest BCUT2D eigenvalue weighted by Gasteiger charge is -2.11. The van der Waals surface area contributed by atoms with Crippen molar-refractivity contribution in [2.24, 2.45) is 4.99 Å². The molecule has 2 aromatic heterocycles. The largest absolute Gasteiger partial charge is 0.361 e. The first kappa shape index (κ1) is 17.1. The standard InChI is InChI=1S/C16H25N5O2/c1-5-11-8-12(22-20-11)9-18-16(17-4)19-10-13-14(6-2)21-23-15(13)7-3/h8H,5-7,9-10H2,1-4H3,(H2,17,18,19). The highest BCUT2D eigenvalue weighted by atomic mass is 16.5. The lowest BCUT2D eigenvalue weighted by atomic mass is 10.1. The van der Waals surface area contributed by atoms with Crippen LogP contribution >= 0.6 is 0 Å². The highest BCUT2D eigenvalue weighted by Crippen LogP contribution is 2.15. The van der Waals surface area contributed by atoms with Crippen LogP contribution in [0.15, 0.2) is 20.1 Å². The molecule has 0 amide bonds. The minimum atomic E-state index is 0.539. The van der Waals surface area contributed by atoms with Crippen molar-refractivity contribution in [2.45, 2.75) is 53.1 Å². The van der Waals surface area contributed by atoms with Crippen molar-refractivity contribution in [3.05, 3.63) is 34.5 Å². The van der Waals surface area contributed by atoms with Gasteiger partial charge in [0.25, 0.3) is 0 Å². The van der Waals surface area contributed by atoms with E-state index >= 15 is 0 Å². The van der Waals surface area contributed by atoms with Crippen LogP contribution in [0, 0.1) is 0 Å². The van der Waals surface area contributed by atoms with Crippen molar-refractivity contribution in [2.75, 3.05) is 7.05 Å². The summed E-state index contributed by atoms with van der Waals surface area (Å²) in [5.41, 5.74) is 3.06. The summed E-state index contributed by atoms with van der Waals surface area (Å²) in [7, 11) is 1.74. The molecule has 2 heterocycles. The first-order valence-corrected chi connectivity index (χ1v) is 8.06. The van der Waals surface area contributed by atoms with Crippen LogP contribution in [-0.2, 0) is 32.4 Å². The van der Waals surface area contributed by atoms with Gasteiger partial charge in [-0.3, -0.25) is 4.99 Å². The highest BCUT2D eigenvalue weighted by Gasteiger charge is 2.13. The fraction of sp³-hybridized carbons (Fsp3) is 0.562. The SMILES string of the molecule is CCc1cc(CNC(=NC)NCc2c(CC)noc2CC)on1. The van der Waals surface area contributed by atoms with Gasteiger partial charge in [0, 0.05) is 31.6 Å². The monoisotopic (exact) mass is 319 g/mol. The predicted molar refractivity (Wildman–Crippen MR) is 88.2 cm³/mol. The molecule has 0 saturated heterocycles. The fourth-order valence-corrected chi connectivity index (χ4v) is 2.31. The van der Waals surface area contributed by atoms with E-state index in [4.69, 9.17) is 9.05 Å². The van der Waals surface area contributed by atoms with Gasteiger partial charge >= 0.3 is 0 Å². The van der Waals surface area contributed by atoms with E-state index in [2.05, 4.69) is 39.8 Å². The number of aryl methyl sites for hydroxylation is 3. The summed E-state index contributed by atoms with van der Waals surface area (Å²) in [6, 6.07) is 1.95. The number of nitrogens with zero attached hydrogens (tertiary/aromatic N) is 3. The molecule has 0 fully saturated rings. The third-order valence-electron chi connectivity index (χ3n) is 3.66. The summed E-state index contributed by atoms with van der Waals surface area (Å²) in [4.78, 5) is 4.22. The van der Waals surface area contributed by atoms with Crippen molar-refractivity contribution >= 4 is 5.96 Å². The minimum Gasteiger partial charge on any atom is -0.361 e. The number of aromatic nitrogens is 2. The summed E-state index contributed by atoms with van der Waals surface area (Å²) in [6.45, 7) is 7.35. The number of aliphatic imine (C=N–C) groups is 1. The Morgan fingerprint density at radius 1 is 1.04 bits per heavy atom. The van der Waals surface area contributed by atoms with Gasteiger partial charge in [-0.25, -0.2) is 0 Å². The molecule has 23 heavy (non-hydrogen) atoms. The predicted octanol–water partition coefficient (Wildman–Crippen LogP) is 2.21. The Labute approximate surface area is 136 Å². The molecular formula is C16H25N5O2. The van der Waals surface area contributed by atoms with Crippen LogP contribution in [0.5, 0.6) is 0 Å². The Balaban J connectivity index is 1.91. The lowest BCUT2D eigenvalue weighted by Crippen LogP contribution is -2.36. The average molecular weight is 319 g/mol. The second kappa shape index (κ2) is 8.36. The van der Waals surface area contributed by atoms with Crippen molar-refractivity contribution < 1.29 is 9.05 Å². The molecular weight excluding hydrogens is 294 g/mol. The Morgan fingerprint density at radius 2 is 1.83 bits per heavy atom. The maximum Gasteiger partial charge on any atom is 0.191 e. The van der Waals surface area contributed by atoms with Crippen LogP contribution in [0.3, 0.4) is 0 Å². The molecule has 0 aromatic carbocycles. The Hall–Kier alpha value is -2.31. The molecule has 0 radical (unpaired) electrons. The fourth-order valence-electron chi connectivity index (χ4n) is 2.31. The first-order valence-electron chi connectivity index (χ1n) is 8.06. The van der Waals surface area contributed by atoms with Gasteiger partial charge in [-0.2, -0.15) is 0 Å². The summed E-state index contributed by atoms with van der Waals surface area (Å²) < 4.78 is 10.6. The summed E-state index contributed by atoms with van der Waals surface area (Å²) in [5.74, 6) is 2.41. The van der Waals surface area contributed by atoms with E-state index in [0.29, 0.717) is 19.0 Å². The third kappa shape index (κ3) is 4.34. The normalized spacial score (nSPS) is 11.7. The molecule has 7 heteroatoms. The Bertz CT molecular complexity index is 623. The van der Waals surface area contributed by atoms with Crippen molar-refractivity contribution in [3.63, 3.8) is 0 Å². The molecule has 0 atom stereocenters. The smallest absolute Gasteiger partial charge is 0.191 e. The van der Waals surface area contributed by atoms with Gasteiger partial charge in [-0.05, 0) is 12.8 Å². The average Bonchev–Trinajstić information content (AvgIpc) is 3.20. The molecule has 0 unspecified atom stereocenters. The van der Waals surface area contributed by atoms with Gasteiger partial charge in [0.1, 0.15) is 5.76 Å². The van der Waals surface area contributed by atoms with Crippen LogP contribution in [-0.4, -0.2) is 23.3 Å². The maximum atomic E-state index is 5.37. The second-order valence-corrected chi connectivity index (χ2v) is 5.16. The van der Waals surface area contributed by atoms with Crippen LogP contribution in [0.4, 0.5) is 0 Å². The number of rotatable bonds is 7. The lowest BCUT2D eigenvalue weighted by molar-refractivity contribution is 0.374. The summed E-state index contributed by atoms with van der Waals surface area (Å²) >= 11 is 0. The van der Waals surface area contributed by atoms with E-state index in [-0.39, 0.29) is 0 Å². The van der Waals surface area contributed by atoms with Gasteiger partial charge in [0.2, 0.25) is 0 Å². The van der Waals surface area contributed by atoms with Crippen LogP contribution < -0.4 is 10.6 Å². The number of guanidine groups is 1. The van der Waals surface area contributed by atoms with Crippen molar-refractivity contribution in [1.82, 2.24) is 20.9 Å². The highest BCUT2D eigenvalue weighted by molar-refractivity contribution is 5.79. The quantitative estimate of drug-likeness (QED) is 0.601. The van der Waals surface area contributed by atoms with Gasteiger partial charge in [-0.15, -0.1) is 0 Å². The molecule has 2 N–H and O–H groups in total. The Morgan fingerprint density at radius 3 is 2.43 bits per heavy atom. The zero-order chi connectivity index (χ0) is 16.7. The van der Waals surface area contributed by atoms with Crippen molar-refractivity contribution in [1.29, 1.82) is 0 Å². The zero-order valence-electron chi connectivity index (χ0n) is 14.3. The second-order valence-electron chi connectivity index (χ2n) is 5.16. The van der Waals surface area contributed by atoms with E-state index in [1.807, 2.05) is 13.0 Å².